The standard InChI is InChI=1S/C19H29ClN4O4.HI/c1-19(2,3)28-18(25)24-8-7-23-17(21-4)22-6-5-13-11-14(20)16-15(12-13)26-9-10-27-16;/h11-12H,5-10H2,1-4H3,(H,24,25)(H2,21,22,23);1H. The second-order valence-corrected chi connectivity index (χ2v) is 7.61. The van der Waals surface area contributed by atoms with Crippen molar-refractivity contribution in [2.45, 2.75) is 32.8 Å². The van der Waals surface area contributed by atoms with Crippen molar-refractivity contribution in [3.63, 3.8) is 0 Å². The van der Waals surface area contributed by atoms with E-state index in [-0.39, 0.29) is 24.0 Å². The van der Waals surface area contributed by atoms with Crippen molar-refractivity contribution >= 4 is 47.6 Å². The summed E-state index contributed by atoms with van der Waals surface area (Å²) in [5.74, 6) is 1.94. The number of carbonyl (C=O) groups excluding carboxylic acids is 1. The molecule has 1 aliphatic heterocycles. The molecule has 2 rings (SSSR count). The second kappa shape index (κ2) is 12.2. The number of nitrogens with one attached hydrogen (secondary N) is 3. The van der Waals surface area contributed by atoms with Crippen LogP contribution in [0, 0.1) is 0 Å². The quantitative estimate of drug-likeness (QED) is 0.222. The minimum Gasteiger partial charge on any atom is -0.486 e. The zero-order chi connectivity index (χ0) is 20.6. The van der Waals surface area contributed by atoms with Crippen molar-refractivity contribution < 1.29 is 19.0 Å². The molecule has 8 nitrogen and oxygen atoms in total. The summed E-state index contributed by atoms with van der Waals surface area (Å²) in [7, 11) is 1.69. The molecule has 0 aromatic heterocycles. The van der Waals surface area contributed by atoms with Gasteiger partial charge in [0.25, 0.3) is 0 Å². The van der Waals surface area contributed by atoms with Crippen LogP contribution in [0.2, 0.25) is 5.02 Å². The Labute approximate surface area is 194 Å². The van der Waals surface area contributed by atoms with Gasteiger partial charge in [0.1, 0.15) is 18.8 Å². The Morgan fingerprint density at radius 3 is 2.48 bits per heavy atom. The van der Waals surface area contributed by atoms with E-state index in [0.29, 0.717) is 55.3 Å². The van der Waals surface area contributed by atoms with Gasteiger partial charge in [0.05, 0.1) is 5.02 Å². The highest BCUT2D eigenvalue weighted by Gasteiger charge is 2.17. The first-order chi connectivity index (χ1) is 13.3. The molecule has 0 fully saturated rings. The lowest BCUT2D eigenvalue weighted by Crippen LogP contribution is -2.43. The first kappa shape index (κ1) is 25.4. The third-order valence-electron chi connectivity index (χ3n) is 3.67. The van der Waals surface area contributed by atoms with E-state index >= 15 is 0 Å². The smallest absolute Gasteiger partial charge is 0.407 e. The molecule has 1 aliphatic rings. The van der Waals surface area contributed by atoms with Gasteiger partial charge in [-0.05, 0) is 44.9 Å². The Morgan fingerprint density at radius 1 is 1.14 bits per heavy atom. The molecule has 0 saturated heterocycles. The van der Waals surface area contributed by atoms with E-state index in [2.05, 4.69) is 20.9 Å². The van der Waals surface area contributed by atoms with Gasteiger partial charge in [0, 0.05) is 26.7 Å². The lowest BCUT2D eigenvalue weighted by molar-refractivity contribution is 0.0529. The molecule has 0 saturated carbocycles. The molecular weight excluding hydrogens is 511 g/mol. The second-order valence-electron chi connectivity index (χ2n) is 7.21. The molecule has 1 amide bonds. The number of ether oxygens (including phenoxy) is 3. The fraction of sp³-hybridized carbons (Fsp3) is 0.579. The van der Waals surface area contributed by atoms with Gasteiger partial charge in [-0.1, -0.05) is 11.6 Å². The monoisotopic (exact) mass is 540 g/mol. The van der Waals surface area contributed by atoms with E-state index in [9.17, 15) is 4.79 Å². The van der Waals surface area contributed by atoms with Crippen LogP contribution in [0.3, 0.4) is 0 Å². The number of benzene rings is 1. The van der Waals surface area contributed by atoms with Crippen molar-refractivity contribution in [1.82, 2.24) is 16.0 Å². The Morgan fingerprint density at radius 2 is 1.79 bits per heavy atom. The van der Waals surface area contributed by atoms with Gasteiger partial charge in [-0.15, -0.1) is 24.0 Å². The van der Waals surface area contributed by atoms with Crippen molar-refractivity contribution in [1.29, 1.82) is 0 Å². The van der Waals surface area contributed by atoms with Crippen LogP contribution in [-0.2, 0) is 11.2 Å². The van der Waals surface area contributed by atoms with Crippen molar-refractivity contribution in [3.8, 4) is 11.5 Å². The summed E-state index contributed by atoms with van der Waals surface area (Å²) in [5.41, 5.74) is 0.537. The summed E-state index contributed by atoms with van der Waals surface area (Å²) in [5, 5.41) is 9.60. The summed E-state index contributed by atoms with van der Waals surface area (Å²) in [4.78, 5) is 15.8. The number of alkyl carbamates (subject to hydrolysis) is 1. The highest BCUT2D eigenvalue weighted by atomic mass is 127. The Hall–Kier alpha value is -1.62. The van der Waals surface area contributed by atoms with Gasteiger partial charge in [0.15, 0.2) is 17.5 Å². The minimum atomic E-state index is -0.508. The van der Waals surface area contributed by atoms with Crippen LogP contribution in [0.15, 0.2) is 17.1 Å². The number of hydrogen-bond acceptors (Lipinski definition) is 5. The fourth-order valence-corrected chi connectivity index (χ4v) is 2.80. The van der Waals surface area contributed by atoms with E-state index in [4.69, 9.17) is 25.8 Å². The molecule has 29 heavy (non-hydrogen) atoms. The average Bonchev–Trinajstić information content (AvgIpc) is 2.62. The first-order valence-electron chi connectivity index (χ1n) is 9.28. The normalized spacial score (nSPS) is 13.2. The number of rotatable bonds is 6. The molecule has 0 radical (unpaired) electrons. The number of halogens is 2. The van der Waals surface area contributed by atoms with Crippen molar-refractivity contribution in [3.05, 3.63) is 22.7 Å². The van der Waals surface area contributed by atoms with Gasteiger partial charge in [0.2, 0.25) is 0 Å². The fourth-order valence-electron chi connectivity index (χ4n) is 2.51. The van der Waals surface area contributed by atoms with Gasteiger partial charge >= 0.3 is 6.09 Å². The zero-order valence-electron chi connectivity index (χ0n) is 17.3. The number of aliphatic imine (C=N–C) groups is 1. The molecule has 164 valence electrons. The molecule has 0 atom stereocenters. The SMILES string of the molecule is CN=C(NCCNC(=O)OC(C)(C)C)NCCc1cc(Cl)c2c(c1)OCCO2.I. The molecule has 10 heteroatoms. The van der Waals surface area contributed by atoms with Crippen molar-refractivity contribution in [2.75, 3.05) is 39.9 Å². The summed E-state index contributed by atoms with van der Waals surface area (Å²) in [6, 6.07) is 3.83. The minimum absolute atomic E-state index is 0. The van der Waals surface area contributed by atoms with Crippen molar-refractivity contribution in [2.24, 2.45) is 4.99 Å². The number of carbonyl (C=O) groups is 1. The number of nitrogens with zero attached hydrogens (tertiary/aromatic N) is 1. The Kier molecular flexibility index (Phi) is 10.7. The van der Waals surface area contributed by atoms with Crippen LogP contribution in [0.25, 0.3) is 0 Å². The maximum atomic E-state index is 11.6. The van der Waals surface area contributed by atoms with Crippen LogP contribution in [0.5, 0.6) is 11.5 Å². The van der Waals surface area contributed by atoms with E-state index in [1.54, 1.807) is 7.05 Å². The topological polar surface area (TPSA) is 93.2 Å². The van der Waals surface area contributed by atoms with Crippen LogP contribution in [0.1, 0.15) is 26.3 Å². The van der Waals surface area contributed by atoms with Gasteiger partial charge < -0.3 is 30.2 Å². The summed E-state index contributed by atoms with van der Waals surface area (Å²) in [6.07, 6.45) is 0.306. The Balaban J connectivity index is 0.00000420. The van der Waals surface area contributed by atoms with Gasteiger partial charge in [-0.3, -0.25) is 4.99 Å². The van der Waals surface area contributed by atoms with Crippen LogP contribution < -0.4 is 25.4 Å². The number of fused-ring (bicyclic) bond motifs is 1. The van der Waals surface area contributed by atoms with E-state index in [1.807, 2.05) is 32.9 Å². The Bertz CT molecular complexity index is 710. The van der Waals surface area contributed by atoms with Crippen LogP contribution in [0.4, 0.5) is 4.79 Å². The third kappa shape index (κ3) is 9.16. The van der Waals surface area contributed by atoms with E-state index < -0.39 is 11.7 Å². The zero-order valence-corrected chi connectivity index (χ0v) is 20.4. The molecule has 0 aliphatic carbocycles. The lowest BCUT2D eigenvalue weighted by atomic mass is 10.1. The van der Waals surface area contributed by atoms with Crippen LogP contribution in [-0.4, -0.2) is 57.5 Å². The molecule has 0 unspecified atom stereocenters. The number of guanidine groups is 1. The predicted octanol–water partition coefficient (Wildman–Crippen LogP) is 2.96. The third-order valence-corrected chi connectivity index (χ3v) is 3.95. The maximum Gasteiger partial charge on any atom is 0.407 e. The predicted molar refractivity (Wildman–Crippen MR) is 125 cm³/mol. The highest BCUT2D eigenvalue weighted by Crippen LogP contribution is 2.38. The van der Waals surface area contributed by atoms with Crippen LogP contribution >= 0.6 is 35.6 Å². The summed E-state index contributed by atoms with van der Waals surface area (Å²) in [6.45, 7) is 8.12. The molecule has 0 bridgehead atoms. The first-order valence-corrected chi connectivity index (χ1v) is 9.65. The molecule has 1 aromatic rings. The molecule has 3 N–H and O–H groups in total. The largest absolute Gasteiger partial charge is 0.486 e. The molecule has 1 heterocycles. The van der Waals surface area contributed by atoms with E-state index in [1.165, 1.54) is 0 Å². The maximum absolute atomic E-state index is 11.6. The molecule has 1 aromatic carbocycles. The summed E-state index contributed by atoms with van der Waals surface area (Å²) >= 11 is 6.26. The number of hydrogen-bond donors (Lipinski definition) is 3. The van der Waals surface area contributed by atoms with Gasteiger partial charge in [-0.25, -0.2) is 4.79 Å². The average molecular weight is 541 g/mol. The lowest BCUT2D eigenvalue weighted by Gasteiger charge is -2.20. The molecule has 0 spiro atoms. The van der Waals surface area contributed by atoms with E-state index in [0.717, 1.165) is 12.0 Å². The van der Waals surface area contributed by atoms with Gasteiger partial charge in [-0.2, -0.15) is 0 Å². The summed E-state index contributed by atoms with van der Waals surface area (Å²) < 4.78 is 16.3. The number of amides is 1. The highest BCUT2D eigenvalue weighted by molar-refractivity contribution is 14.0. The molecular formula is C19H30ClIN4O4.